The zero-order valence-corrected chi connectivity index (χ0v) is 10.1. The summed E-state index contributed by atoms with van der Waals surface area (Å²) in [5, 5.41) is 9.25. The van der Waals surface area contributed by atoms with E-state index in [1.165, 1.54) is 6.42 Å². The molecule has 1 aromatic carbocycles. The molecule has 1 spiro atoms. The summed E-state index contributed by atoms with van der Waals surface area (Å²) in [6, 6.07) is 6.56. The quantitative estimate of drug-likeness (QED) is 0.773. The van der Waals surface area contributed by atoms with E-state index in [0.717, 1.165) is 31.2 Å². The number of nitrogens with zero attached hydrogens (tertiary/aromatic N) is 1. The first-order chi connectivity index (χ1) is 8.70. The number of cyclic esters (lactones) is 1. The Balaban J connectivity index is 1.92. The highest BCUT2D eigenvalue weighted by Gasteiger charge is 2.46. The zero-order chi connectivity index (χ0) is 12.6. The standard InChI is InChI=1S/C14H15NO3/c16-11-6-4-10(5-7-11)12-15-14(13(17)18-12)8-2-1-3-9-14/h4-7,16H,1-3,8-9H2. The van der Waals surface area contributed by atoms with Crippen LogP contribution in [0.3, 0.4) is 0 Å². The molecule has 0 aromatic heterocycles. The Morgan fingerprint density at radius 3 is 2.44 bits per heavy atom. The number of hydrogen-bond donors (Lipinski definition) is 1. The molecular formula is C14H15NO3. The summed E-state index contributed by atoms with van der Waals surface area (Å²) in [5.74, 6) is 0.364. The first-order valence-corrected chi connectivity index (χ1v) is 6.31. The molecule has 2 aliphatic rings. The average Bonchev–Trinajstić information content (AvgIpc) is 2.69. The van der Waals surface area contributed by atoms with Crippen LogP contribution in [-0.2, 0) is 9.53 Å². The van der Waals surface area contributed by atoms with Gasteiger partial charge in [0.25, 0.3) is 0 Å². The van der Waals surface area contributed by atoms with Crippen molar-refractivity contribution in [1.82, 2.24) is 0 Å². The summed E-state index contributed by atoms with van der Waals surface area (Å²) in [7, 11) is 0. The molecule has 1 saturated carbocycles. The van der Waals surface area contributed by atoms with Crippen molar-refractivity contribution in [3.63, 3.8) is 0 Å². The number of phenols is 1. The fraction of sp³-hybridized carbons (Fsp3) is 0.429. The second kappa shape index (κ2) is 4.12. The van der Waals surface area contributed by atoms with Gasteiger partial charge in [-0.1, -0.05) is 19.3 Å². The SMILES string of the molecule is O=C1OC(c2ccc(O)cc2)=NC12CCCCC2. The number of aromatic hydroxyl groups is 1. The molecule has 0 radical (unpaired) electrons. The van der Waals surface area contributed by atoms with E-state index in [0.29, 0.717) is 5.90 Å². The summed E-state index contributed by atoms with van der Waals surface area (Å²) in [6.45, 7) is 0. The second-order valence-electron chi connectivity index (χ2n) is 4.95. The predicted molar refractivity (Wildman–Crippen MR) is 66.6 cm³/mol. The Kier molecular flexibility index (Phi) is 2.58. The fourth-order valence-corrected chi connectivity index (χ4v) is 2.63. The van der Waals surface area contributed by atoms with Crippen LogP contribution in [0.15, 0.2) is 29.3 Å². The Morgan fingerprint density at radius 1 is 1.11 bits per heavy atom. The summed E-state index contributed by atoms with van der Waals surface area (Å²) in [6.07, 6.45) is 4.79. The van der Waals surface area contributed by atoms with Crippen LogP contribution in [0.2, 0.25) is 0 Å². The van der Waals surface area contributed by atoms with Crippen LogP contribution >= 0.6 is 0 Å². The van der Waals surface area contributed by atoms with Gasteiger partial charge in [-0.25, -0.2) is 9.79 Å². The molecule has 0 atom stereocenters. The van der Waals surface area contributed by atoms with Crippen LogP contribution in [0, 0.1) is 0 Å². The van der Waals surface area contributed by atoms with Gasteiger partial charge in [0.05, 0.1) is 0 Å². The van der Waals surface area contributed by atoms with Gasteiger partial charge in [-0.15, -0.1) is 0 Å². The summed E-state index contributed by atoms with van der Waals surface area (Å²) >= 11 is 0. The summed E-state index contributed by atoms with van der Waals surface area (Å²) < 4.78 is 5.31. The van der Waals surface area contributed by atoms with E-state index >= 15 is 0 Å². The molecule has 0 amide bonds. The lowest BCUT2D eigenvalue weighted by atomic mass is 9.83. The van der Waals surface area contributed by atoms with E-state index < -0.39 is 5.54 Å². The molecule has 94 valence electrons. The number of phenolic OH excluding ortho intramolecular Hbond substituents is 1. The van der Waals surface area contributed by atoms with Crippen LogP contribution in [0.4, 0.5) is 0 Å². The molecule has 1 N–H and O–H groups in total. The lowest BCUT2D eigenvalue weighted by Crippen LogP contribution is -2.35. The van der Waals surface area contributed by atoms with Gasteiger partial charge in [-0.2, -0.15) is 0 Å². The minimum absolute atomic E-state index is 0.191. The molecule has 4 heteroatoms. The van der Waals surface area contributed by atoms with E-state index in [9.17, 15) is 9.90 Å². The highest BCUT2D eigenvalue weighted by molar-refractivity contribution is 6.08. The van der Waals surface area contributed by atoms with Crippen molar-refractivity contribution in [2.45, 2.75) is 37.6 Å². The van der Waals surface area contributed by atoms with Crippen LogP contribution in [0.5, 0.6) is 5.75 Å². The van der Waals surface area contributed by atoms with Gasteiger partial charge >= 0.3 is 5.97 Å². The van der Waals surface area contributed by atoms with Gasteiger partial charge in [0, 0.05) is 5.56 Å². The van der Waals surface area contributed by atoms with Gasteiger partial charge in [0.2, 0.25) is 5.90 Å². The molecule has 4 nitrogen and oxygen atoms in total. The van der Waals surface area contributed by atoms with E-state index in [2.05, 4.69) is 4.99 Å². The van der Waals surface area contributed by atoms with E-state index in [1.807, 2.05) is 0 Å². The number of aliphatic imine (C=N–C) groups is 1. The molecule has 0 saturated heterocycles. The Labute approximate surface area is 105 Å². The molecule has 3 rings (SSSR count). The van der Waals surface area contributed by atoms with Crippen LogP contribution in [0.25, 0.3) is 0 Å². The third-order valence-electron chi connectivity index (χ3n) is 3.68. The molecule has 18 heavy (non-hydrogen) atoms. The van der Waals surface area contributed by atoms with Gasteiger partial charge in [-0.05, 0) is 37.1 Å². The van der Waals surface area contributed by atoms with Gasteiger partial charge in [0.15, 0.2) is 5.54 Å². The number of rotatable bonds is 1. The lowest BCUT2D eigenvalue weighted by molar-refractivity contribution is -0.140. The minimum Gasteiger partial charge on any atom is -0.508 e. The Bertz CT molecular complexity index is 498. The van der Waals surface area contributed by atoms with Crippen molar-refractivity contribution in [2.75, 3.05) is 0 Å². The molecule has 0 unspecified atom stereocenters. The maximum atomic E-state index is 12.0. The van der Waals surface area contributed by atoms with Crippen LogP contribution < -0.4 is 0 Å². The number of hydrogen-bond acceptors (Lipinski definition) is 4. The van der Waals surface area contributed by atoms with E-state index in [-0.39, 0.29) is 11.7 Å². The Morgan fingerprint density at radius 2 is 1.78 bits per heavy atom. The second-order valence-corrected chi connectivity index (χ2v) is 4.95. The van der Waals surface area contributed by atoms with E-state index in [4.69, 9.17) is 4.74 Å². The first kappa shape index (κ1) is 11.3. The maximum absolute atomic E-state index is 12.0. The van der Waals surface area contributed by atoms with Crippen LogP contribution in [0.1, 0.15) is 37.7 Å². The maximum Gasteiger partial charge on any atom is 0.340 e. The largest absolute Gasteiger partial charge is 0.508 e. The molecule has 1 aliphatic carbocycles. The van der Waals surface area contributed by atoms with Gasteiger partial charge in [0.1, 0.15) is 5.75 Å². The minimum atomic E-state index is -0.633. The van der Waals surface area contributed by atoms with Crippen LogP contribution in [-0.4, -0.2) is 22.5 Å². The normalized spacial score (nSPS) is 21.8. The number of carbonyl (C=O) groups is 1. The third-order valence-corrected chi connectivity index (χ3v) is 3.68. The Hall–Kier alpha value is -1.84. The highest BCUT2D eigenvalue weighted by atomic mass is 16.6. The number of benzene rings is 1. The average molecular weight is 245 g/mol. The molecule has 0 bridgehead atoms. The van der Waals surface area contributed by atoms with Crippen molar-refractivity contribution in [2.24, 2.45) is 4.99 Å². The monoisotopic (exact) mass is 245 g/mol. The predicted octanol–water partition coefficient (Wildman–Crippen LogP) is 2.40. The smallest absolute Gasteiger partial charge is 0.340 e. The fourth-order valence-electron chi connectivity index (χ4n) is 2.63. The van der Waals surface area contributed by atoms with Crippen molar-refractivity contribution < 1.29 is 14.6 Å². The van der Waals surface area contributed by atoms with Crippen molar-refractivity contribution in [1.29, 1.82) is 0 Å². The molecule has 1 aromatic rings. The van der Waals surface area contributed by atoms with Crippen molar-refractivity contribution in [3.8, 4) is 5.75 Å². The molecule has 1 fully saturated rings. The van der Waals surface area contributed by atoms with Crippen molar-refractivity contribution >= 4 is 11.9 Å². The highest BCUT2D eigenvalue weighted by Crippen LogP contribution is 2.37. The molecule has 1 aliphatic heterocycles. The zero-order valence-electron chi connectivity index (χ0n) is 10.1. The molecular weight excluding hydrogens is 230 g/mol. The number of esters is 1. The summed E-state index contributed by atoms with van der Waals surface area (Å²) in [4.78, 5) is 16.5. The van der Waals surface area contributed by atoms with Gasteiger partial charge < -0.3 is 9.84 Å². The molecule has 1 heterocycles. The van der Waals surface area contributed by atoms with E-state index in [1.54, 1.807) is 24.3 Å². The van der Waals surface area contributed by atoms with Crippen molar-refractivity contribution in [3.05, 3.63) is 29.8 Å². The number of carbonyl (C=O) groups excluding carboxylic acids is 1. The summed E-state index contributed by atoms with van der Waals surface area (Å²) in [5.41, 5.74) is 0.106. The topological polar surface area (TPSA) is 58.9 Å². The lowest BCUT2D eigenvalue weighted by Gasteiger charge is -2.25. The number of ether oxygens (including phenoxy) is 1. The van der Waals surface area contributed by atoms with Gasteiger partial charge in [-0.3, -0.25) is 0 Å². The third kappa shape index (κ3) is 1.78. The first-order valence-electron chi connectivity index (χ1n) is 6.31.